The molecular weight excluding hydrogens is 234 g/mol. The van der Waals surface area contributed by atoms with Crippen LogP contribution in [0, 0.1) is 0 Å². The lowest BCUT2D eigenvalue weighted by atomic mass is 10.2. The molecule has 0 amide bonds. The van der Waals surface area contributed by atoms with Gasteiger partial charge in [0, 0.05) is 15.6 Å². The smallest absolute Gasteiger partial charge is 0.304 e. The molecule has 0 aliphatic heterocycles. The average Bonchev–Trinajstić information content (AvgIpc) is 2.78. The van der Waals surface area contributed by atoms with Gasteiger partial charge in [-0.25, -0.2) is 0 Å². The fraction of sp³-hybridized carbons (Fsp3) is 0.273. The molecule has 0 saturated heterocycles. The van der Waals surface area contributed by atoms with Gasteiger partial charge in [-0.05, 0) is 43.6 Å². The highest BCUT2D eigenvalue weighted by Gasteiger charge is 2.07. The van der Waals surface area contributed by atoms with E-state index >= 15 is 0 Å². The molecule has 2 aromatic rings. The molecule has 1 aromatic heterocycles. The summed E-state index contributed by atoms with van der Waals surface area (Å²) in [5, 5.41) is 10.6. The molecule has 0 saturated carbocycles. The van der Waals surface area contributed by atoms with Crippen molar-refractivity contribution in [3.8, 4) is 17.2 Å². The number of rotatable bonds is 4. The third-order valence-electron chi connectivity index (χ3n) is 2.02. The van der Waals surface area contributed by atoms with Gasteiger partial charge < -0.3 is 9.15 Å². The van der Waals surface area contributed by atoms with Crippen LogP contribution in [0.3, 0.4) is 0 Å². The lowest BCUT2D eigenvalue weighted by Crippen LogP contribution is -2.05. The zero-order valence-electron chi connectivity index (χ0n) is 9.94. The molecule has 2 rings (SSSR count). The normalized spacial score (nSPS) is 10.2. The number of ether oxygens (including phenoxy) is 1. The van der Waals surface area contributed by atoms with Crippen LogP contribution in [-0.2, 0) is 0 Å². The molecule has 18 heavy (non-hydrogen) atoms. The summed E-state index contributed by atoms with van der Waals surface area (Å²) in [5.74, 6) is 1.07. The Bertz CT molecular complexity index is 569. The van der Waals surface area contributed by atoms with E-state index in [9.17, 15) is 0 Å². The van der Waals surface area contributed by atoms with Crippen molar-refractivity contribution in [3.63, 3.8) is 0 Å². The maximum Gasteiger partial charge on any atom is 0.304 e. The summed E-state index contributed by atoms with van der Waals surface area (Å²) in [6.07, 6.45) is 0.121. The number of azide groups is 1. The van der Waals surface area contributed by atoms with Gasteiger partial charge in [-0.1, -0.05) is 0 Å². The predicted molar refractivity (Wildman–Crippen MR) is 64.3 cm³/mol. The van der Waals surface area contributed by atoms with E-state index in [1.165, 1.54) is 0 Å². The minimum atomic E-state index is -0.102. The van der Waals surface area contributed by atoms with Crippen LogP contribution < -0.4 is 4.74 Å². The first kappa shape index (κ1) is 11.9. The summed E-state index contributed by atoms with van der Waals surface area (Å²) in [7, 11) is 0. The first-order valence-electron chi connectivity index (χ1n) is 5.34. The van der Waals surface area contributed by atoms with Gasteiger partial charge in [-0.15, -0.1) is 10.2 Å². The van der Waals surface area contributed by atoms with Crippen LogP contribution in [0.4, 0.5) is 6.01 Å². The molecule has 0 fully saturated rings. The molecule has 0 unspecified atom stereocenters. The van der Waals surface area contributed by atoms with E-state index in [4.69, 9.17) is 14.7 Å². The summed E-state index contributed by atoms with van der Waals surface area (Å²) in [6, 6.07) is 7.12. The highest BCUT2D eigenvalue weighted by molar-refractivity contribution is 5.54. The molecule has 0 spiro atoms. The lowest BCUT2D eigenvalue weighted by molar-refractivity contribution is 0.242. The van der Waals surface area contributed by atoms with Gasteiger partial charge in [0.05, 0.1) is 6.10 Å². The number of benzene rings is 1. The SMILES string of the molecule is CC(C)Oc1ccc(-c2nnc(N=[N+]=[N-])o2)cc1. The number of aromatic nitrogens is 2. The third kappa shape index (κ3) is 2.78. The zero-order valence-corrected chi connectivity index (χ0v) is 9.94. The van der Waals surface area contributed by atoms with E-state index in [0.717, 1.165) is 11.3 Å². The van der Waals surface area contributed by atoms with Crippen molar-refractivity contribution < 1.29 is 9.15 Å². The zero-order chi connectivity index (χ0) is 13.0. The Morgan fingerprint density at radius 1 is 1.28 bits per heavy atom. The lowest BCUT2D eigenvalue weighted by Gasteiger charge is -2.09. The third-order valence-corrected chi connectivity index (χ3v) is 2.02. The molecule has 7 heteroatoms. The van der Waals surface area contributed by atoms with Gasteiger partial charge in [-0.2, -0.15) is 0 Å². The van der Waals surface area contributed by atoms with Crippen LogP contribution in [-0.4, -0.2) is 16.3 Å². The Morgan fingerprint density at radius 3 is 2.61 bits per heavy atom. The Balaban J connectivity index is 2.20. The average molecular weight is 245 g/mol. The topological polar surface area (TPSA) is 96.9 Å². The van der Waals surface area contributed by atoms with Crippen molar-refractivity contribution in [1.29, 1.82) is 0 Å². The van der Waals surface area contributed by atoms with Gasteiger partial charge in [-0.3, -0.25) is 0 Å². The number of nitrogens with zero attached hydrogens (tertiary/aromatic N) is 5. The summed E-state index contributed by atoms with van der Waals surface area (Å²) < 4.78 is 10.7. The van der Waals surface area contributed by atoms with Gasteiger partial charge in [0.2, 0.25) is 5.89 Å². The van der Waals surface area contributed by atoms with E-state index in [0.29, 0.717) is 5.89 Å². The molecule has 0 bridgehead atoms. The maximum atomic E-state index is 8.23. The van der Waals surface area contributed by atoms with Crippen molar-refractivity contribution >= 4 is 6.01 Å². The van der Waals surface area contributed by atoms with Gasteiger partial charge in [0.15, 0.2) is 0 Å². The van der Waals surface area contributed by atoms with Crippen LogP contribution in [0.1, 0.15) is 13.8 Å². The summed E-state index contributed by atoms with van der Waals surface area (Å²) >= 11 is 0. The molecule has 0 aliphatic rings. The van der Waals surface area contributed by atoms with Crippen molar-refractivity contribution in [3.05, 3.63) is 34.7 Å². The summed E-state index contributed by atoms with van der Waals surface area (Å²) in [5.41, 5.74) is 8.97. The Hall–Kier alpha value is -2.53. The molecule has 0 N–H and O–H groups in total. The van der Waals surface area contributed by atoms with E-state index in [-0.39, 0.29) is 12.1 Å². The summed E-state index contributed by atoms with van der Waals surface area (Å²) in [4.78, 5) is 2.57. The van der Waals surface area contributed by atoms with E-state index in [1.54, 1.807) is 12.1 Å². The molecule has 0 atom stereocenters. The predicted octanol–water partition coefficient (Wildman–Crippen LogP) is 3.47. The Kier molecular flexibility index (Phi) is 3.45. The molecule has 92 valence electrons. The summed E-state index contributed by atoms with van der Waals surface area (Å²) in [6.45, 7) is 3.91. The molecule has 0 aliphatic carbocycles. The van der Waals surface area contributed by atoms with E-state index < -0.39 is 0 Å². The molecule has 7 nitrogen and oxygen atoms in total. The second kappa shape index (κ2) is 5.20. The molecular formula is C11H11N5O2. The molecule has 1 aromatic carbocycles. The van der Waals surface area contributed by atoms with Crippen molar-refractivity contribution in [2.45, 2.75) is 20.0 Å². The number of hydrogen-bond acceptors (Lipinski definition) is 5. The van der Waals surface area contributed by atoms with E-state index in [1.807, 2.05) is 26.0 Å². The number of hydrogen-bond donors (Lipinski definition) is 0. The van der Waals surface area contributed by atoms with Gasteiger partial charge in [0.25, 0.3) is 0 Å². The first-order valence-corrected chi connectivity index (χ1v) is 5.34. The Morgan fingerprint density at radius 2 is 2.00 bits per heavy atom. The largest absolute Gasteiger partial charge is 0.491 e. The van der Waals surface area contributed by atoms with Crippen molar-refractivity contribution in [1.82, 2.24) is 10.2 Å². The monoisotopic (exact) mass is 245 g/mol. The van der Waals surface area contributed by atoms with Gasteiger partial charge in [0.1, 0.15) is 5.75 Å². The quantitative estimate of drug-likeness (QED) is 0.468. The van der Waals surface area contributed by atoms with Gasteiger partial charge >= 0.3 is 6.01 Å². The fourth-order valence-electron chi connectivity index (χ4n) is 1.36. The minimum absolute atomic E-state index is 0.102. The van der Waals surface area contributed by atoms with Crippen LogP contribution in [0.25, 0.3) is 21.9 Å². The van der Waals surface area contributed by atoms with Crippen LogP contribution in [0.5, 0.6) is 5.75 Å². The standard InChI is InChI=1S/C11H11N5O2/c1-7(2)17-9-5-3-8(4-6-9)10-13-14-11(18-10)15-16-12/h3-7H,1-2H3. The molecule has 0 radical (unpaired) electrons. The van der Waals surface area contributed by atoms with Crippen molar-refractivity contribution in [2.75, 3.05) is 0 Å². The second-order valence-corrected chi connectivity index (χ2v) is 3.77. The Labute approximate surface area is 103 Å². The maximum absolute atomic E-state index is 8.23. The minimum Gasteiger partial charge on any atom is -0.491 e. The van der Waals surface area contributed by atoms with Crippen LogP contribution in [0.15, 0.2) is 33.8 Å². The van der Waals surface area contributed by atoms with Crippen LogP contribution in [0.2, 0.25) is 0 Å². The van der Waals surface area contributed by atoms with Crippen LogP contribution >= 0.6 is 0 Å². The fourth-order valence-corrected chi connectivity index (χ4v) is 1.36. The van der Waals surface area contributed by atoms with E-state index in [2.05, 4.69) is 20.2 Å². The highest BCUT2D eigenvalue weighted by atomic mass is 16.5. The first-order chi connectivity index (χ1) is 8.69. The van der Waals surface area contributed by atoms with Crippen molar-refractivity contribution in [2.24, 2.45) is 5.11 Å². The highest BCUT2D eigenvalue weighted by Crippen LogP contribution is 2.23. The second-order valence-electron chi connectivity index (χ2n) is 3.77. The molecule has 1 heterocycles.